The Hall–Kier alpha value is -2.96. The summed E-state index contributed by atoms with van der Waals surface area (Å²) in [4.78, 5) is 25.3. The van der Waals surface area contributed by atoms with Crippen molar-refractivity contribution in [3.05, 3.63) is 64.0 Å². The Labute approximate surface area is 114 Å². The van der Waals surface area contributed by atoms with E-state index in [2.05, 4.69) is 10.3 Å². The molecule has 1 heterocycles. The monoisotopic (exact) mass is 273 g/mol. The van der Waals surface area contributed by atoms with Gasteiger partial charge in [-0.2, -0.15) is 0 Å². The molecule has 0 saturated heterocycles. The first kappa shape index (κ1) is 13.5. The number of aromatic carboxylic acids is 1. The molecule has 0 aliphatic heterocycles. The number of nitro groups is 1. The summed E-state index contributed by atoms with van der Waals surface area (Å²) >= 11 is 0. The van der Waals surface area contributed by atoms with E-state index in [1.165, 1.54) is 18.2 Å². The predicted octanol–water partition coefficient (Wildman–Crippen LogP) is 2.30. The predicted molar refractivity (Wildman–Crippen MR) is 71.6 cm³/mol. The van der Waals surface area contributed by atoms with Crippen molar-refractivity contribution >= 4 is 17.3 Å². The van der Waals surface area contributed by atoms with E-state index in [1.54, 1.807) is 24.4 Å². The molecule has 0 fully saturated rings. The van der Waals surface area contributed by atoms with E-state index < -0.39 is 10.9 Å². The zero-order valence-electron chi connectivity index (χ0n) is 10.3. The van der Waals surface area contributed by atoms with Gasteiger partial charge in [0.05, 0.1) is 22.7 Å². The molecule has 102 valence electrons. The largest absolute Gasteiger partial charge is 0.478 e. The number of hydrogen-bond acceptors (Lipinski definition) is 5. The Kier molecular flexibility index (Phi) is 3.90. The fourth-order valence-electron chi connectivity index (χ4n) is 1.66. The molecule has 0 spiro atoms. The molecule has 2 rings (SSSR count). The topological polar surface area (TPSA) is 105 Å². The Bertz CT molecular complexity index is 643. The van der Waals surface area contributed by atoms with Gasteiger partial charge >= 0.3 is 5.97 Å². The lowest BCUT2D eigenvalue weighted by molar-refractivity contribution is -0.384. The summed E-state index contributed by atoms with van der Waals surface area (Å²) in [5.41, 5.74) is 0.660. The number of rotatable bonds is 5. The minimum atomic E-state index is -1.14. The number of anilines is 1. The maximum atomic E-state index is 10.9. The lowest BCUT2D eigenvalue weighted by Gasteiger charge is -2.07. The van der Waals surface area contributed by atoms with Crippen LogP contribution in [-0.2, 0) is 6.54 Å². The average Bonchev–Trinajstić information content (AvgIpc) is 2.45. The van der Waals surface area contributed by atoms with Gasteiger partial charge < -0.3 is 10.4 Å². The molecule has 20 heavy (non-hydrogen) atoms. The van der Waals surface area contributed by atoms with E-state index >= 15 is 0 Å². The summed E-state index contributed by atoms with van der Waals surface area (Å²) < 4.78 is 0. The molecule has 0 radical (unpaired) electrons. The van der Waals surface area contributed by atoms with Gasteiger partial charge in [0.15, 0.2) is 0 Å². The number of carboxylic acids is 1. The van der Waals surface area contributed by atoms with Crippen molar-refractivity contribution in [3.8, 4) is 0 Å². The smallest absolute Gasteiger partial charge is 0.335 e. The number of carboxylic acid groups (broad SMARTS) is 1. The second kappa shape index (κ2) is 5.79. The van der Waals surface area contributed by atoms with Crippen molar-refractivity contribution in [2.45, 2.75) is 6.54 Å². The lowest BCUT2D eigenvalue weighted by Crippen LogP contribution is -2.06. The zero-order valence-corrected chi connectivity index (χ0v) is 10.3. The van der Waals surface area contributed by atoms with E-state index in [9.17, 15) is 14.9 Å². The fraction of sp³-hybridized carbons (Fsp3) is 0.0769. The standard InChI is InChI=1S/C13H11N3O4/c17-13(18)9-4-5-12(16(19)20)11(7-9)15-8-10-3-1-2-6-14-10/h1-7,15H,8H2,(H,17,18). The summed E-state index contributed by atoms with van der Waals surface area (Å²) in [7, 11) is 0. The zero-order chi connectivity index (χ0) is 14.5. The van der Waals surface area contributed by atoms with Crippen LogP contribution in [0.1, 0.15) is 16.1 Å². The number of pyridine rings is 1. The van der Waals surface area contributed by atoms with Gasteiger partial charge in [0.25, 0.3) is 5.69 Å². The Morgan fingerprint density at radius 3 is 2.75 bits per heavy atom. The summed E-state index contributed by atoms with van der Waals surface area (Å²) in [5, 5.41) is 22.7. The second-order valence-electron chi connectivity index (χ2n) is 3.97. The highest BCUT2D eigenvalue weighted by Crippen LogP contribution is 2.25. The number of nitro benzene ring substituents is 1. The van der Waals surface area contributed by atoms with Crippen molar-refractivity contribution in [1.82, 2.24) is 4.98 Å². The normalized spacial score (nSPS) is 10.0. The van der Waals surface area contributed by atoms with E-state index in [4.69, 9.17) is 5.11 Å². The van der Waals surface area contributed by atoms with Crippen LogP contribution in [-0.4, -0.2) is 21.0 Å². The quantitative estimate of drug-likeness (QED) is 0.639. The van der Waals surface area contributed by atoms with Crippen LogP contribution >= 0.6 is 0 Å². The number of nitrogens with zero attached hydrogens (tertiary/aromatic N) is 2. The number of aromatic nitrogens is 1. The van der Waals surface area contributed by atoms with E-state index in [-0.39, 0.29) is 23.5 Å². The van der Waals surface area contributed by atoms with Crippen LogP contribution < -0.4 is 5.32 Å². The van der Waals surface area contributed by atoms with E-state index in [0.29, 0.717) is 5.69 Å². The average molecular weight is 273 g/mol. The maximum Gasteiger partial charge on any atom is 0.335 e. The van der Waals surface area contributed by atoms with Crippen LogP contribution in [0, 0.1) is 10.1 Å². The third-order valence-electron chi connectivity index (χ3n) is 2.63. The van der Waals surface area contributed by atoms with Gasteiger partial charge in [0.1, 0.15) is 5.69 Å². The highest BCUT2D eigenvalue weighted by atomic mass is 16.6. The van der Waals surface area contributed by atoms with Gasteiger partial charge in [-0.1, -0.05) is 6.07 Å². The number of hydrogen-bond donors (Lipinski definition) is 2. The number of benzene rings is 1. The first-order valence-corrected chi connectivity index (χ1v) is 5.73. The van der Waals surface area contributed by atoms with Crippen LogP contribution in [0.4, 0.5) is 11.4 Å². The van der Waals surface area contributed by atoms with Gasteiger partial charge in [-0.05, 0) is 24.3 Å². The molecule has 0 unspecified atom stereocenters. The van der Waals surface area contributed by atoms with Gasteiger partial charge in [0, 0.05) is 12.3 Å². The summed E-state index contributed by atoms with van der Waals surface area (Å²) in [6.07, 6.45) is 1.61. The third kappa shape index (κ3) is 3.08. The molecule has 0 aliphatic rings. The Morgan fingerprint density at radius 1 is 1.35 bits per heavy atom. The van der Waals surface area contributed by atoms with Gasteiger partial charge in [-0.25, -0.2) is 4.79 Å². The molecule has 0 amide bonds. The molecule has 7 heteroatoms. The van der Waals surface area contributed by atoms with Crippen LogP contribution in [0.15, 0.2) is 42.6 Å². The lowest BCUT2D eigenvalue weighted by atomic mass is 10.1. The summed E-state index contributed by atoms with van der Waals surface area (Å²) in [6, 6.07) is 8.93. The fourth-order valence-corrected chi connectivity index (χ4v) is 1.66. The molecule has 1 aromatic carbocycles. The van der Waals surface area contributed by atoms with E-state index in [1.807, 2.05) is 0 Å². The van der Waals surface area contributed by atoms with Crippen LogP contribution in [0.25, 0.3) is 0 Å². The summed E-state index contributed by atoms with van der Waals surface area (Å²) in [5.74, 6) is -1.14. The minimum Gasteiger partial charge on any atom is -0.478 e. The first-order chi connectivity index (χ1) is 9.58. The summed E-state index contributed by atoms with van der Waals surface area (Å²) in [6.45, 7) is 0.269. The van der Waals surface area contributed by atoms with Crippen LogP contribution in [0.5, 0.6) is 0 Å². The van der Waals surface area contributed by atoms with Crippen molar-refractivity contribution < 1.29 is 14.8 Å². The molecule has 2 aromatic rings. The highest BCUT2D eigenvalue weighted by molar-refractivity contribution is 5.90. The molecule has 0 saturated carbocycles. The first-order valence-electron chi connectivity index (χ1n) is 5.73. The highest BCUT2D eigenvalue weighted by Gasteiger charge is 2.16. The SMILES string of the molecule is O=C(O)c1ccc([N+](=O)[O-])c(NCc2ccccn2)c1. The molecule has 2 N–H and O–H groups in total. The molecular weight excluding hydrogens is 262 g/mol. The van der Waals surface area contributed by atoms with Crippen molar-refractivity contribution in [2.75, 3.05) is 5.32 Å². The van der Waals surface area contributed by atoms with Gasteiger partial charge in [0.2, 0.25) is 0 Å². The molecule has 0 atom stereocenters. The van der Waals surface area contributed by atoms with Gasteiger partial charge in [-0.15, -0.1) is 0 Å². The van der Waals surface area contributed by atoms with E-state index in [0.717, 1.165) is 0 Å². The second-order valence-corrected chi connectivity index (χ2v) is 3.97. The number of carbonyl (C=O) groups is 1. The molecule has 7 nitrogen and oxygen atoms in total. The van der Waals surface area contributed by atoms with Crippen molar-refractivity contribution in [3.63, 3.8) is 0 Å². The number of nitrogens with one attached hydrogen (secondary N) is 1. The van der Waals surface area contributed by atoms with Gasteiger partial charge in [-0.3, -0.25) is 15.1 Å². The van der Waals surface area contributed by atoms with Crippen molar-refractivity contribution in [2.24, 2.45) is 0 Å². The van der Waals surface area contributed by atoms with Crippen LogP contribution in [0.3, 0.4) is 0 Å². The molecular formula is C13H11N3O4. The molecule has 0 bridgehead atoms. The van der Waals surface area contributed by atoms with Crippen molar-refractivity contribution in [1.29, 1.82) is 0 Å². The third-order valence-corrected chi connectivity index (χ3v) is 2.63. The Balaban J connectivity index is 2.26. The minimum absolute atomic E-state index is 0.0147. The molecule has 0 aliphatic carbocycles. The molecule has 1 aromatic heterocycles. The Morgan fingerprint density at radius 2 is 2.15 bits per heavy atom. The van der Waals surface area contributed by atoms with Crippen LogP contribution in [0.2, 0.25) is 0 Å². The maximum absolute atomic E-state index is 10.9.